The molecule has 0 atom stereocenters. The average molecular weight is 404 g/mol. The van der Waals surface area contributed by atoms with Gasteiger partial charge in [0.25, 0.3) is 0 Å². The van der Waals surface area contributed by atoms with Gasteiger partial charge >= 0.3 is 6.03 Å². The van der Waals surface area contributed by atoms with E-state index in [1.54, 1.807) is 5.38 Å². The van der Waals surface area contributed by atoms with Crippen LogP contribution < -0.4 is 16.0 Å². The molecule has 3 rings (SSSR count). The van der Waals surface area contributed by atoms with Crippen molar-refractivity contribution in [2.75, 3.05) is 50.0 Å². The van der Waals surface area contributed by atoms with E-state index in [0.29, 0.717) is 23.1 Å². The molecular weight excluding hydrogens is 378 g/mol. The molecule has 1 aliphatic heterocycles. The van der Waals surface area contributed by atoms with Gasteiger partial charge < -0.3 is 15.4 Å². The topological polar surface area (TPSA) is 95.6 Å². The van der Waals surface area contributed by atoms with Crippen LogP contribution in [0.15, 0.2) is 29.6 Å². The molecule has 1 aliphatic rings. The number of aryl methyl sites for hydroxylation is 1. The summed E-state index contributed by atoms with van der Waals surface area (Å²) in [5, 5.41) is 10.6. The SMILES string of the molecule is Cc1ccc(NC(=O)Nc2nc(CC(=O)NCCN3CCOCC3)cs2)cc1. The maximum absolute atomic E-state index is 12.1. The number of thiazole rings is 1. The highest BCUT2D eigenvalue weighted by molar-refractivity contribution is 7.14. The number of morpholine rings is 1. The molecule has 2 heterocycles. The van der Waals surface area contributed by atoms with E-state index in [1.165, 1.54) is 11.3 Å². The zero-order chi connectivity index (χ0) is 19.8. The second-order valence-corrected chi connectivity index (χ2v) is 7.43. The molecule has 9 heteroatoms. The molecule has 1 aromatic heterocycles. The lowest BCUT2D eigenvalue weighted by Gasteiger charge is -2.26. The van der Waals surface area contributed by atoms with Crippen molar-refractivity contribution >= 4 is 34.1 Å². The van der Waals surface area contributed by atoms with Crippen LogP contribution in [0.1, 0.15) is 11.3 Å². The molecule has 1 fully saturated rings. The Labute approximate surface area is 168 Å². The first-order valence-corrected chi connectivity index (χ1v) is 10.1. The first-order valence-electron chi connectivity index (χ1n) is 9.24. The summed E-state index contributed by atoms with van der Waals surface area (Å²) in [6, 6.07) is 7.16. The van der Waals surface area contributed by atoms with Crippen LogP contribution in [-0.4, -0.2) is 61.2 Å². The van der Waals surface area contributed by atoms with Gasteiger partial charge in [-0.25, -0.2) is 9.78 Å². The van der Waals surface area contributed by atoms with Gasteiger partial charge in [-0.3, -0.25) is 15.0 Å². The highest BCUT2D eigenvalue weighted by atomic mass is 32.1. The minimum Gasteiger partial charge on any atom is -0.379 e. The fourth-order valence-corrected chi connectivity index (χ4v) is 3.45. The van der Waals surface area contributed by atoms with Gasteiger partial charge in [0.1, 0.15) is 0 Å². The van der Waals surface area contributed by atoms with Crippen molar-refractivity contribution in [1.82, 2.24) is 15.2 Å². The van der Waals surface area contributed by atoms with E-state index < -0.39 is 0 Å². The molecule has 8 nitrogen and oxygen atoms in total. The number of benzene rings is 1. The molecule has 2 aromatic rings. The molecule has 1 aromatic carbocycles. The van der Waals surface area contributed by atoms with E-state index in [-0.39, 0.29) is 18.4 Å². The Morgan fingerprint density at radius 2 is 1.93 bits per heavy atom. The summed E-state index contributed by atoms with van der Waals surface area (Å²) in [5.74, 6) is -0.0748. The summed E-state index contributed by atoms with van der Waals surface area (Å²) in [4.78, 5) is 30.7. The molecule has 0 unspecified atom stereocenters. The number of anilines is 2. The van der Waals surface area contributed by atoms with Gasteiger partial charge in [-0.05, 0) is 19.1 Å². The minimum atomic E-state index is -0.361. The fraction of sp³-hybridized carbons (Fsp3) is 0.421. The number of urea groups is 1. The zero-order valence-corrected chi connectivity index (χ0v) is 16.7. The Hall–Kier alpha value is -2.49. The molecule has 0 bridgehead atoms. The molecule has 1 saturated heterocycles. The Bertz CT molecular complexity index is 787. The van der Waals surface area contributed by atoms with Crippen LogP contribution in [0.5, 0.6) is 0 Å². The highest BCUT2D eigenvalue weighted by Crippen LogP contribution is 2.16. The summed E-state index contributed by atoms with van der Waals surface area (Å²) in [6.07, 6.45) is 0.195. The molecule has 3 N–H and O–H groups in total. The minimum absolute atomic E-state index is 0.0748. The van der Waals surface area contributed by atoms with Crippen LogP contribution in [0.3, 0.4) is 0 Å². The number of ether oxygens (including phenoxy) is 1. The van der Waals surface area contributed by atoms with Crippen LogP contribution in [0.25, 0.3) is 0 Å². The van der Waals surface area contributed by atoms with Crippen molar-refractivity contribution in [3.8, 4) is 0 Å². The van der Waals surface area contributed by atoms with E-state index in [2.05, 4.69) is 25.8 Å². The molecule has 28 heavy (non-hydrogen) atoms. The number of carbonyl (C=O) groups is 2. The number of hydrogen-bond acceptors (Lipinski definition) is 6. The lowest BCUT2D eigenvalue weighted by atomic mass is 10.2. The quantitative estimate of drug-likeness (QED) is 0.658. The van der Waals surface area contributed by atoms with Crippen molar-refractivity contribution in [3.05, 3.63) is 40.9 Å². The van der Waals surface area contributed by atoms with Gasteiger partial charge in [0.2, 0.25) is 5.91 Å². The van der Waals surface area contributed by atoms with E-state index in [0.717, 1.165) is 38.4 Å². The van der Waals surface area contributed by atoms with Crippen LogP contribution in [0, 0.1) is 6.92 Å². The molecule has 0 radical (unpaired) electrons. The Morgan fingerprint density at radius 3 is 2.68 bits per heavy atom. The lowest BCUT2D eigenvalue weighted by molar-refractivity contribution is -0.120. The van der Waals surface area contributed by atoms with Gasteiger partial charge in [-0.1, -0.05) is 17.7 Å². The van der Waals surface area contributed by atoms with Gasteiger partial charge in [0.15, 0.2) is 5.13 Å². The third-order valence-electron chi connectivity index (χ3n) is 4.28. The van der Waals surface area contributed by atoms with E-state index in [1.807, 2.05) is 31.2 Å². The second-order valence-electron chi connectivity index (χ2n) is 6.57. The normalized spacial score (nSPS) is 14.5. The number of nitrogens with zero attached hydrogens (tertiary/aromatic N) is 2. The molecule has 0 aliphatic carbocycles. The monoisotopic (exact) mass is 403 g/mol. The summed E-state index contributed by atoms with van der Waals surface area (Å²) >= 11 is 1.29. The average Bonchev–Trinajstić information content (AvgIpc) is 3.11. The summed E-state index contributed by atoms with van der Waals surface area (Å²) in [7, 11) is 0. The summed E-state index contributed by atoms with van der Waals surface area (Å²) in [6.45, 7) is 6.72. The Kier molecular flexibility index (Phi) is 7.35. The van der Waals surface area contributed by atoms with Crippen LogP contribution in [-0.2, 0) is 16.0 Å². The summed E-state index contributed by atoms with van der Waals surface area (Å²) in [5.41, 5.74) is 2.47. The third kappa shape index (κ3) is 6.59. The fourth-order valence-electron chi connectivity index (χ4n) is 2.75. The number of carbonyl (C=O) groups excluding carboxylic acids is 2. The van der Waals surface area contributed by atoms with Crippen molar-refractivity contribution in [2.24, 2.45) is 0 Å². The first kappa shape index (κ1) is 20.2. The maximum atomic E-state index is 12.1. The van der Waals surface area contributed by atoms with E-state index in [4.69, 9.17) is 4.74 Å². The van der Waals surface area contributed by atoms with Gasteiger partial charge in [-0.2, -0.15) is 0 Å². The zero-order valence-electron chi connectivity index (χ0n) is 15.9. The molecular formula is C19H25N5O3S. The first-order chi connectivity index (χ1) is 13.6. The van der Waals surface area contributed by atoms with Crippen LogP contribution in [0.2, 0.25) is 0 Å². The Morgan fingerprint density at radius 1 is 1.18 bits per heavy atom. The number of rotatable bonds is 7. The molecule has 0 spiro atoms. The molecule has 3 amide bonds. The second kappa shape index (κ2) is 10.2. The van der Waals surface area contributed by atoms with Crippen molar-refractivity contribution < 1.29 is 14.3 Å². The number of amides is 3. The van der Waals surface area contributed by atoms with Crippen molar-refractivity contribution in [3.63, 3.8) is 0 Å². The standard InChI is InChI=1S/C19H25N5O3S/c1-14-2-4-15(5-3-14)21-18(26)23-19-22-16(13-28-19)12-17(25)20-6-7-24-8-10-27-11-9-24/h2-5,13H,6-12H2,1H3,(H,20,25)(H2,21,22,23,26). The largest absolute Gasteiger partial charge is 0.379 e. The van der Waals surface area contributed by atoms with Crippen LogP contribution in [0.4, 0.5) is 15.6 Å². The predicted octanol–water partition coefficient (Wildman–Crippen LogP) is 2.09. The number of nitrogens with one attached hydrogen (secondary N) is 3. The van der Waals surface area contributed by atoms with Crippen molar-refractivity contribution in [1.29, 1.82) is 0 Å². The number of aromatic nitrogens is 1. The maximum Gasteiger partial charge on any atom is 0.325 e. The Balaban J connectivity index is 1.38. The predicted molar refractivity (Wildman–Crippen MR) is 110 cm³/mol. The van der Waals surface area contributed by atoms with Crippen LogP contribution >= 0.6 is 11.3 Å². The van der Waals surface area contributed by atoms with Gasteiger partial charge in [0, 0.05) is 37.2 Å². The highest BCUT2D eigenvalue weighted by Gasteiger charge is 2.12. The van der Waals surface area contributed by atoms with Gasteiger partial charge in [-0.15, -0.1) is 11.3 Å². The molecule has 0 saturated carbocycles. The van der Waals surface area contributed by atoms with E-state index in [9.17, 15) is 9.59 Å². The lowest BCUT2D eigenvalue weighted by Crippen LogP contribution is -2.41. The number of hydrogen-bond donors (Lipinski definition) is 3. The van der Waals surface area contributed by atoms with E-state index >= 15 is 0 Å². The smallest absolute Gasteiger partial charge is 0.325 e. The van der Waals surface area contributed by atoms with Crippen molar-refractivity contribution in [2.45, 2.75) is 13.3 Å². The van der Waals surface area contributed by atoms with Gasteiger partial charge in [0.05, 0.1) is 25.3 Å². The third-order valence-corrected chi connectivity index (χ3v) is 5.08. The summed E-state index contributed by atoms with van der Waals surface area (Å²) < 4.78 is 5.30. The molecule has 150 valence electrons.